The predicted molar refractivity (Wildman–Crippen MR) is 106 cm³/mol. The molecule has 1 aromatic carbocycles. The summed E-state index contributed by atoms with van der Waals surface area (Å²) in [5, 5.41) is 11.2. The van der Waals surface area contributed by atoms with Crippen molar-refractivity contribution in [3.05, 3.63) is 45.1 Å². The van der Waals surface area contributed by atoms with Crippen molar-refractivity contribution in [2.45, 2.75) is 20.0 Å². The molecule has 9 nitrogen and oxygen atoms in total. The highest BCUT2D eigenvalue weighted by Gasteiger charge is 2.22. The third kappa shape index (κ3) is 4.09. The second kappa shape index (κ2) is 7.51. The molecular formula is C19H24N6O3. The summed E-state index contributed by atoms with van der Waals surface area (Å²) in [6, 6.07) is 7.31. The maximum atomic E-state index is 13.0. The number of hydrogen-bond acceptors (Lipinski definition) is 6. The van der Waals surface area contributed by atoms with E-state index in [1.54, 1.807) is 10.6 Å². The van der Waals surface area contributed by atoms with Gasteiger partial charge < -0.3 is 19.1 Å². The molecule has 0 saturated heterocycles. The van der Waals surface area contributed by atoms with Gasteiger partial charge >= 0.3 is 5.69 Å². The van der Waals surface area contributed by atoms with Gasteiger partial charge in [-0.1, -0.05) is 12.1 Å². The van der Waals surface area contributed by atoms with Crippen molar-refractivity contribution in [2.75, 3.05) is 34.2 Å². The van der Waals surface area contributed by atoms with E-state index in [2.05, 4.69) is 15.0 Å². The van der Waals surface area contributed by atoms with Gasteiger partial charge in [0.25, 0.3) is 5.56 Å². The fourth-order valence-electron chi connectivity index (χ4n) is 2.95. The minimum Gasteiger partial charge on any atom is -0.862 e. The molecule has 0 saturated carbocycles. The first-order valence-corrected chi connectivity index (χ1v) is 9.06. The van der Waals surface area contributed by atoms with Crippen LogP contribution in [0.5, 0.6) is 0 Å². The Morgan fingerprint density at radius 3 is 2.50 bits per heavy atom. The van der Waals surface area contributed by atoms with Crippen LogP contribution in [0.1, 0.15) is 6.92 Å². The lowest BCUT2D eigenvalue weighted by atomic mass is 10.2. The molecule has 0 spiro atoms. The first-order valence-electron chi connectivity index (χ1n) is 9.06. The van der Waals surface area contributed by atoms with Crippen molar-refractivity contribution < 1.29 is 9.59 Å². The van der Waals surface area contributed by atoms with E-state index in [-0.39, 0.29) is 30.5 Å². The van der Waals surface area contributed by atoms with Gasteiger partial charge in [0.1, 0.15) is 0 Å². The van der Waals surface area contributed by atoms with Crippen molar-refractivity contribution in [3.63, 3.8) is 0 Å². The molecule has 28 heavy (non-hydrogen) atoms. The molecule has 0 fully saturated rings. The zero-order chi connectivity index (χ0) is 20.5. The van der Waals surface area contributed by atoms with Gasteiger partial charge in [0.2, 0.25) is 0 Å². The lowest BCUT2D eigenvalue weighted by Gasteiger charge is -2.24. The van der Waals surface area contributed by atoms with Crippen LogP contribution in [0.4, 0.5) is 0 Å². The van der Waals surface area contributed by atoms with Crippen molar-refractivity contribution in [3.8, 4) is 11.5 Å². The Balaban J connectivity index is 2.21. The molecule has 3 rings (SSSR count). The fraction of sp³-hybridized carbons (Fsp3) is 0.421. The summed E-state index contributed by atoms with van der Waals surface area (Å²) in [6.45, 7) is 2.79. The van der Waals surface area contributed by atoms with Crippen LogP contribution in [0.3, 0.4) is 0 Å². The molecule has 2 aliphatic rings. The van der Waals surface area contributed by atoms with Gasteiger partial charge in [0.15, 0.2) is 11.5 Å². The van der Waals surface area contributed by atoms with Crippen LogP contribution in [0.2, 0.25) is 0 Å². The van der Waals surface area contributed by atoms with E-state index in [1.807, 2.05) is 39.3 Å². The van der Waals surface area contributed by atoms with Gasteiger partial charge in [-0.15, -0.1) is 0 Å². The van der Waals surface area contributed by atoms with Crippen LogP contribution >= 0.6 is 0 Å². The van der Waals surface area contributed by atoms with Crippen LogP contribution < -0.4 is 16.4 Å². The number of hydrogen-bond donors (Lipinski definition) is 0. The van der Waals surface area contributed by atoms with E-state index in [4.69, 9.17) is 0 Å². The van der Waals surface area contributed by atoms with E-state index in [0.717, 1.165) is 10.1 Å². The third-order valence-electron chi connectivity index (χ3n) is 4.40. The Hall–Kier alpha value is -3.07. The summed E-state index contributed by atoms with van der Waals surface area (Å²) in [5.41, 5.74) is 0.437. The first kappa shape index (κ1) is 19.7. The van der Waals surface area contributed by atoms with Crippen molar-refractivity contribution in [2.24, 2.45) is 4.99 Å². The van der Waals surface area contributed by atoms with Gasteiger partial charge in [-0.25, -0.2) is 9.78 Å². The van der Waals surface area contributed by atoms with E-state index >= 15 is 0 Å². The highest BCUT2D eigenvalue weighted by molar-refractivity contribution is 5.79. The van der Waals surface area contributed by atoms with Crippen LogP contribution in [0, 0.1) is 0 Å². The molecule has 2 aliphatic heterocycles. The normalized spacial score (nSPS) is 12.8. The SMILES string of the molecule is CC([O-])=NCCn1c2nc(=O)n(CC[N+](C)(C)C)c(=O)c-2nc2ccccc21. The molecule has 0 aromatic heterocycles. The Morgan fingerprint density at radius 1 is 1.11 bits per heavy atom. The summed E-state index contributed by atoms with van der Waals surface area (Å²) in [4.78, 5) is 38.1. The molecule has 148 valence electrons. The van der Waals surface area contributed by atoms with Gasteiger partial charge in [-0.2, -0.15) is 4.98 Å². The maximum absolute atomic E-state index is 13.0. The maximum Gasteiger partial charge on any atom is 0.352 e. The molecule has 0 bridgehead atoms. The van der Waals surface area contributed by atoms with Crippen LogP contribution in [0.15, 0.2) is 38.8 Å². The number of nitrogens with zero attached hydrogens (tertiary/aromatic N) is 6. The molecule has 0 unspecified atom stereocenters. The van der Waals surface area contributed by atoms with Crippen molar-refractivity contribution in [1.82, 2.24) is 19.1 Å². The highest BCUT2D eigenvalue weighted by atomic mass is 16.3. The molecule has 2 heterocycles. The minimum absolute atomic E-state index is 0.141. The first-order chi connectivity index (χ1) is 13.2. The van der Waals surface area contributed by atoms with Gasteiger partial charge in [0, 0.05) is 6.54 Å². The summed E-state index contributed by atoms with van der Waals surface area (Å²) in [5.74, 6) is -0.0580. The number of quaternary nitrogens is 1. The summed E-state index contributed by atoms with van der Waals surface area (Å²) in [6.07, 6.45) is 0. The molecule has 1 aromatic rings. The molecule has 0 N–H and O–H groups in total. The van der Waals surface area contributed by atoms with Crippen molar-refractivity contribution >= 4 is 16.9 Å². The Kier molecular flexibility index (Phi) is 5.28. The zero-order valence-corrected chi connectivity index (χ0v) is 16.5. The Bertz CT molecular complexity index is 1120. The van der Waals surface area contributed by atoms with Gasteiger partial charge in [-0.05, 0) is 25.0 Å². The number of aliphatic imine (C=N–C) groups is 1. The smallest absolute Gasteiger partial charge is 0.352 e. The zero-order valence-electron chi connectivity index (χ0n) is 16.5. The topological polar surface area (TPSA) is 105 Å². The van der Waals surface area contributed by atoms with Crippen molar-refractivity contribution in [1.29, 1.82) is 0 Å². The average molecular weight is 384 g/mol. The second-order valence-electron chi connectivity index (χ2n) is 7.69. The number of rotatable bonds is 6. The fourth-order valence-corrected chi connectivity index (χ4v) is 2.95. The highest BCUT2D eigenvalue weighted by Crippen LogP contribution is 2.20. The van der Waals surface area contributed by atoms with Crippen LogP contribution in [0.25, 0.3) is 22.6 Å². The molecular weight excluding hydrogens is 360 g/mol. The number of aromatic nitrogens is 4. The molecule has 0 radical (unpaired) electrons. The Labute approximate surface area is 162 Å². The molecule has 0 amide bonds. The molecule has 9 heteroatoms. The van der Waals surface area contributed by atoms with Gasteiger partial charge in [0.05, 0.1) is 51.8 Å². The third-order valence-corrected chi connectivity index (χ3v) is 4.40. The lowest BCUT2D eigenvalue weighted by Crippen LogP contribution is -2.44. The van der Waals surface area contributed by atoms with Crippen LogP contribution in [-0.2, 0) is 13.1 Å². The number of fused-ring (bicyclic) bond motifs is 2. The lowest BCUT2D eigenvalue weighted by molar-refractivity contribution is -0.871. The van der Waals surface area contributed by atoms with E-state index < -0.39 is 11.2 Å². The van der Waals surface area contributed by atoms with E-state index in [1.165, 1.54) is 6.92 Å². The summed E-state index contributed by atoms with van der Waals surface area (Å²) >= 11 is 0. The average Bonchev–Trinajstić information content (AvgIpc) is 2.60. The largest absolute Gasteiger partial charge is 0.862 e. The van der Waals surface area contributed by atoms with Gasteiger partial charge in [-0.3, -0.25) is 9.36 Å². The number of likely N-dealkylation sites (N-methyl/N-ethyl adjacent to an activating group) is 1. The Morgan fingerprint density at radius 2 is 1.82 bits per heavy atom. The monoisotopic (exact) mass is 384 g/mol. The van der Waals surface area contributed by atoms with Crippen LogP contribution in [-0.4, -0.2) is 63.7 Å². The molecule has 0 aliphatic carbocycles. The summed E-state index contributed by atoms with van der Waals surface area (Å²) < 4.78 is 3.48. The minimum atomic E-state index is -0.597. The predicted octanol–water partition coefficient (Wildman–Crippen LogP) is -0.457. The number of benzene rings is 1. The van der Waals surface area contributed by atoms with E-state index in [9.17, 15) is 14.7 Å². The quantitative estimate of drug-likeness (QED) is 0.248. The molecule has 0 atom stereocenters. The van der Waals surface area contributed by atoms with E-state index in [0.29, 0.717) is 23.1 Å². The standard InChI is InChI=1S/C19H24N6O3/c1-13(26)20-9-10-23-15-8-6-5-7-14(15)21-16-17(23)22-19(28)24(18(16)27)11-12-25(2,3)4/h5-8H,9-12H2,1-4H3. The summed E-state index contributed by atoms with van der Waals surface area (Å²) in [7, 11) is 5.96. The second-order valence-corrected chi connectivity index (χ2v) is 7.69. The number of para-hydroxylation sites is 2.